The highest BCUT2D eigenvalue weighted by molar-refractivity contribution is 5.94. The van der Waals surface area contributed by atoms with Gasteiger partial charge in [-0.15, -0.1) is 0 Å². The summed E-state index contributed by atoms with van der Waals surface area (Å²) in [6, 6.07) is 5.87. The van der Waals surface area contributed by atoms with Gasteiger partial charge in [-0.3, -0.25) is 4.79 Å². The van der Waals surface area contributed by atoms with Crippen molar-refractivity contribution in [3.63, 3.8) is 0 Å². The maximum atomic E-state index is 13.3. The summed E-state index contributed by atoms with van der Waals surface area (Å²) < 4.78 is 13.3. The highest BCUT2D eigenvalue weighted by Crippen LogP contribution is 2.29. The summed E-state index contributed by atoms with van der Waals surface area (Å²) in [7, 11) is 3.51. The Morgan fingerprint density at radius 1 is 1.09 bits per heavy atom. The number of benzene rings is 1. The number of hydrogen-bond acceptors (Lipinski definition) is 2. The van der Waals surface area contributed by atoms with Crippen LogP contribution in [0.3, 0.4) is 0 Å². The molecular weight excluding hydrogens is 297 g/mol. The van der Waals surface area contributed by atoms with Gasteiger partial charge in [-0.05, 0) is 36.5 Å². The maximum absolute atomic E-state index is 13.3. The fourth-order valence-corrected chi connectivity index (χ4v) is 3.69. The topological polar surface area (TPSA) is 43.9 Å². The number of nitrogens with zero attached hydrogens (tertiary/aromatic N) is 3. The zero-order chi connectivity index (χ0) is 16.6. The van der Waals surface area contributed by atoms with E-state index in [0.29, 0.717) is 43.6 Å². The molecule has 124 valence electrons. The number of urea groups is 1. The number of carbonyl (C=O) groups is 2. The molecule has 5 nitrogen and oxygen atoms in total. The van der Waals surface area contributed by atoms with Gasteiger partial charge in [-0.2, -0.15) is 0 Å². The Hall–Kier alpha value is -2.11. The molecule has 2 aliphatic heterocycles. The van der Waals surface area contributed by atoms with Crippen molar-refractivity contribution in [3.8, 4) is 0 Å². The molecule has 23 heavy (non-hydrogen) atoms. The molecule has 1 aromatic carbocycles. The van der Waals surface area contributed by atoms with Gasteiger partial charge >= 0.3 is 6.03 Å². The normalized spacial score (nSPS) is 23.6. The molecule has 0 aliphatic carbocycles. The number of hydrogen-bond donors (Lipinski definition) is 0. The fraction of sp³-hybridized carbons (Fsp3) is 0.529. The minimum absolute atomic E-state index is 0.0320. The van der Waals surface area contributed by atoms with Crippen molar-refractivity contribution in [2.45, 2.75) is 6.42 Å². The van der Waals surface area contributed by atoms with E-state index in [-0.39, 0.29) is 11.9 Å². The first-order valence-electron chi connectivity index (χ1n) is 7.95. The predicted molar refractivity (Wildman–Crippen MR) is 84.6 cm³/mol. The van der Waals surface area contributed by atoms with E-state index < -0.39 is 5.82 Å². The molecular formula is C17H22FN3O2. The zero-order valence-corrected chi connectivity index (χ0v) is 13.5. The number of fused-ring (bicyclic) bond motifs is 2. The molecule has 3 rings (SSSR count). The summed E-state index contributed by atoms with van der Waals surface area (Å²) >= 11 is 0. The highest BCUT2D eigenvalue weighted by atomic mass is 19.1. The van der Waals surface area contributed by atoms with Gasteiger partial charge in [0.1, 0.15) is 5.82 Å². The van der Waals surface area contributed by atoms with E-state index in [0.717, 1.165) is 6.42 Å². The first-order chi connectivity index (χ1) is 10.9. The Bertz CT molecular complexity index is 606. The van der Waals surface area contributed by atoms with Crippen molar-refractivity contribution < 1.29 is 14.0 Å². The third kappa shape index (κ3) is 3.30. The van der Waals surface area contributed by atoms with Crippen LogP contribution < -0.4 is 0 Å². The Labute approximate surface area is 135 Å². The SMILES string of the molecule is CN(C)C(=O)N1CC2CC(CN(C(=O)c3cccc(F)c3)C2)C1. The molecule has 2 fully saturated rings. The lowest BCUT2D eigenvalue weighted by atomic mass is 9.84. The van der Waals surface area contributed by atoms with Crippen molar-refractivity contribution >= 4 is 11.9 Å². The number of piperidine rings is 2. The second-order valence-corrected chi connectivity index (χ2v) is 6.77. The molecule has 0 spiro atoms. The van der Waals surface area contributed by atoms with Gasteiger partial charge in [0.25, 0.3) is 5.91 Å². The quantitative estimate of drug-likeness (QED) is 0.793. The van der Waals surface area contributed by atoms with Gasteiger partial charge in [-0.25, -0.2) is 9.18 Å². The molecule has 2 aliphatic rings. The van der Waals surface area contributed by atoms with Crippen molar-refractivity contribution in [3.05, 3.63) is 35.6 Å². The molecule has 0 aromatic heterocycles. The van der Waals surface area contributed by atoms with E-state index in [4.69, 9.17) is 0 Å². The standard InChI is InChI=1S/C17H22FN3O2/c1-19(2)17(23)21-10-12-6-13(11-21)9-20(8-12)16(22)14-4-3-5-15(18)7-14/h3-5,7,12-13H,6,8-11H2,1-2H3. The monoisotopic (exact) mass is 319 g/mol. The third-order valence-electron chi connectivity index (χ3n) is 4.59. The van der Waals surface area contributed by atoms with Crippen molar-refractivity contribution in [1.82, 2.24) is 14.7 Å². The molecule has 0 saturated carbocycles. The summed E-state index contributed by atoms with van der Waals surface area (Å²) in [6.07, 6.45) is 1.05. The van der Waals surface area contributed by atoms with Gasteiger partial charge < -0.3 is 14.7 Å². The minimum Gasteiger partial charge on any atom is -0.338 e. The molecule has 3 amide bonds. The molecule has 1 aromatic rings. The summed E-state index contributed by atoms with van der Waals surface area (Å²) in [6.45, 7) is 2.62. The molecule has 2 atom stereocenters. The van der Waals surface area contributed by atoms with Gasteiger partial charge in [0, 0.05) is 45.8 Å². The van der Waals surface area contributed by atoms with Gasteiger partial charge in [0.15, 0.2) is 0 Å². The van der Waals surface area contributed by atoms with E-state index in [1.165, 1.54) is 12.1 Å². The van der Waals surface area contributed by atoms with Gasteiger partial charge in [-0.1, -0.05) is 6.07 Å². The summed E-state index contributed by atoms with van der Waals surface area (Å²) in [5.74, 6) is 0.0789. The fourth-order valence-electron chi connectivity index (χ4n) is 3.69. The maximum Gasteiger partial charge on any atom is 0.319 e. The lowest BCUT2D eigenvalue weighted by Crippen LogP contribution is -2.56. The minimum atomic E-state index is -0.393. The van der Waals surface area contributed by atoms with Crippen LogP contribution in [0.2, 0.25) is 0 Å². The Morgan fingerprint density at radius 3 is 2.26 bits per heavy atom. The zero-order valence-electron chi connectivity index (χ0n) is 13.5. The van der Waals surface area contributed by atoms with Crippen molar-refractivity contribution in [2.24, 2.45) is 11.8 Å². The largest absolute Gasteiger partial charge is 0.338 e. The smallest absolute Gasteiger partial charge is 0.319 e. The van der Waals surface area contributed by atoms with Crippen LogP contribution >= 0.6 is 0 Å². The van der Waals surface area contributed by atoms with Crippen LogP contribution in [0.5, 0.6) is 0 Å². The average molecular weight is 319 g/mol. The average Bonchev–Trinajstić information content (AvgIpc) is 2.52. The summed E-state index contributed by atoms with van der Waals surface area (Å²) in [4.78, 5) is 30.0. The Kier molecular flexibility index (Phi) is 4.24. The number of halogens is 1. The molecule has 0 radical (unpaired) electrons. The van der Waals surface area contributed by atoms with E-state index in [9.17, 15) is 14.0 Å². The second kappa shape index (κ2) is 6.18. The Balaban J connectivity index is 1.69. The molecule has 6 heteroatoms. The van der Waals surface area contributed by atoms with E-state index in [2.05, 4.69) is 0 Å². The molecule has 2 saturated heterocycles. The van der Waals surface area contributed by atoms with Crippen molar-refractivity contribution in [2.75, 3.05) is 40.3 Å². The first kappa shape index (κ1) is 15.8. The highest BCUT2D eigenvalue weighted by Gasteiger charge is 2.38. The van der Waals surface area contributed by atoms with Crippen LogP contribution in [-0.2, 0) is 0 Å². The van der Waals surface area contributed by atoms with Crippen LogP contribution in [0.1, 0.15) is 16.8 Å². The van der Waals surface area contributed by atoms with Crippen LogP contribution in [0.15, 0.2) is 24.3 Å². The van der Waals surface area contributed by atoms with Crippen LogP contribution in [0.25, 0.3) is 0 Å². The number of amides is 3. The third-order valence-corrected chi connectivity index (χ3v) is 4.59. The molecule has 2 unspecified atom stereocenters. The first-order valence-corrected chi connectivity index (χ1v) is 7.95. The number of carbonyl (C=O) groups excluding carboxylic acids is 2. The number of likely N-dealkylation sites (tertiary alicyclic amines) is 2. The lowest BCUT2D eigenvalue weighted by molar-refractivity contribution is 0.0326. The summed E-state index contributed by atoms with van der Waals surface area (Å²) in [5, 5.41) is 0. The summed E-state index contributed by atoms with van der Waals surface area (Å²) in [5.41, 5.74) is 0.395. The molecule has 0 N–H and O–H groups in total. The van der Waals surface area contributed by atoms with Crippen molar-refractivity contribution in [1.29, 1.82) is 0 Å². The molecule has 2 bridgehead atoms. The van der Waals surface area contributed by atoms with Crippen LogP contribution in [-0.4, -0.2) is 66.9 Å². The lowest BCUT2D eigenvalue weighted by Gasteiger charge is -2.46. The van der Waals surface area contributed by atoms with Crippen LogP contribution in [0.4, 0.5) is 9.18 Å². The van der Waals surface area contributed by atoms with E-state index in [1.807, 2.05) is 9.80 Å². The Morgan fingerprint density at radius 2 is 1.70 bits per heavy atom. The number of rotatable bonds is 1. The van der Waals surface area contributed by atoms with Gasteiger partial charge in [0.2, 0.25) is 0 Å². The second-order valence-electron chi connectivity index (χ2n) is 6.77. The predicted octanol–water partition coefficient (Wildman–Crippen LogP) is 1.90. The van der Waals surface area contributed by atoms with Gasteiger partial charge in [0.05, 0.1) is 0 Å². The van der Waals surface area contributed by atoms with E-state index >= 15 is 0 Å². The molecule has 2 heterocycles. The van der Waals surface area contributed by atoms with Crippen LogP contribution in [0, 0.1) is 17.7 Å². The van der Waals surface area contributed by atoms with E-state index in [1.54, 1.807) is 31.1 Å².